The van der Waals surface area contributed by atoms with Crippen molar-refractivity contribution in [2.45, 2.75) is 0 Å². The topological polar surface area (TPSA) is 106 Å². The molecule has 2 aromatic rings. The second kappa shape index (κ2) is 9.79. The molecule has 0 aliphatic heterocycles. The van der Waals surface area contributed by atoms with Crippen molar-refractivity contribution < 1.29 is 14.5 Å². The zero-order chi connectivity index (χ0) is 19.6. The second-order valence-corrected chi connectivity index (χ2v) is 5.56. The number of benzene rings is 2. The molecule has 0 bridgehead atoms. The molecule has 2 rings (SSSR count). The van der Waals surface area contributed by atoms with Crippen LogP contribution in [0.25, 0.3) is 0 Å². The number of amides is 1. The third-order valence-corrected chi connectivity index (χ3v) is 3.46. The molecule has 2 aromatic carbocycles. The Morgan fingerprint density at radius 2 is 2.07 bits per heavy atom. The van der Waals surface area contributed by atoms with E-state index in [1.54, 1.807) is 24.3 Å². The minimum absolute atomic E-state index is 0.00395. The maximum Gasteiger partial charge on any atom is 0.270 e. The molecule has 0 saturated heterocycles. The third-order valence-electron chi connectivity index (χ3n) is 3.21. The van der Waals surface area contributed by atoms with Crippen LogP contribution in [0.4, 0.5) is 11.4 Å². The van der Waals surface area contributed by atoms with Crippen LogP contribution in [0, 0.1) is 22.5 Å². The highest BCUT2D eigenvalue weighted by atomic mass is 35.5. The Morgan fingerprint density at radius 3 is 2.74 bits per heavy atom. The maximum absolute atomic E-state index is 11.8. The molecule has 0 fully saturated rings. The zero-order valence-electron chi connectivity index (χ0n) is 14.0. The van der Waals surface area contributed by atoms with Crippen molar-refractivity contribution in [3.8, 4) is 18.1 Å². The molecular formula is C18H15ClN4O4. The molecule has 0 atom stereocenters. The van der Waals surface area contributed by atoms with Crippen molar-refractivity contribution in [3.05, 3.63) is 63.2 Å². The number of nitro benzene ring substituents is 1. The lowest BCUT2D eigenvalue weighted by Crippen LogP contribution is -2.25. The van der Waals surface area contributed by atoms with Crippen LogP contribution in [0.2, 0.25) is 5.02 Å². The van der Waals surface area contributed by atoms with Gasteiger partial charge in [0, 0.05) is 28.4 Å². The fourth-order valence-corrected chi connectivity index (χ4v) is 2.09. The van der Waals surface area contributed by atoms with Crippen molar-refractivity contribution in [1.29, 1.82) is 0 Å². The maximum atomic E-state index is 11.8. The summed E-state index contributed by atoms with van der Waals surface area (Å²) >= 11 is 5.79. The van der Waals surface area contributed by atoms with E-state index in [1.807, 2.05) is 0 Å². The summed E-state index contributed by atoms with van der Waals surface area (Å²) in [6.45, 7) is -0.0234. The van der Waals surface area contributed by atoms with Crippen molar-refractivity contribution in [1.82, 2.24) is 5.43 Å². The molecule has 9 heteroatoms. The van der Waals surface area contributed by atoms with Gasteiger partial charge in [0.05, 0.1) is 17.7 Å². The van der Waals surface area contributed by atoms with Gasteiger partial charge < -0.3 is 10.1 Å². The highest BCUT2D eigenvalue weighted by molar-refractivity contribution is 6.30. The highest BCUT2D eigenvalue weighted by Gasteiger charge is 2.10. The molecular weight excluding hydrogens is 372 g/mol. The number of non-ortho nitro benzene ring substituents is 1. The average Bonchev–Trinajstić information content (AvgIpc) is 2.66. The summed E-state index contributed by atoms with van der Waals surface area (Å²) in [7, 11) is 0. The number of nitrogens with one attached hydrogen (secondary N) is 2. The molecule has 0 spiro atoms. The van der Waals surface area contributed by atoms with Gasteiger partial charge in [-0.25, -0.2) is 5.43 Å². The molecule has 0 aliphatic rings. The summed E-state index contributed by atoms with van der Waals surface area (Å²) in [6.07, 6.45) is 6.39. The summed E-state index contributed by atoms with van der Waals surface area (Å²) in [4.78, 5) is 22.2. The van der Waals surface area contributed by atoms with Crippen LogP contribution in [-0.2, 0) is 4.79 Å². The Hall–Kier alpha value is -3.57. The van der Waals surface area contributed by atoms with E-state index in [4.69, 9.17) is 22.8 Å². The monoisotopic (exact) mass is 386 g/mol. The van der Waals surface area contributed by atoms with E-state index >= 15 is 0 Å². The predicted molar refractivity (Wildman–Crippen MR) is 103 cm³/mol. The van der Waals surface area contributed by atoms with E-state index in [0.29, 0.717) is 16.3 Å². The van der Waals surface area contributed by atoms with Gasteiger partial charge >= 0.3 is 0 Å². The first-order chi connectivity index (χ1) is 13.0. The first kappa shape index (κ1) is 19.8. The van der Waals surface area contributed by atoms with E-state index in [9.17, 15) is 14.9 Å². The molecule has 0 aliphatic carbocycles. The first-order valence-corrected chi connectivity index (χ1v) is 8.03. The summed E-state index contributed by atoms with van der Waals surface area (Å²) in [5.41, 5.74) is 3.22. The van der Waals surface area contributed by atoms with Gasteiger partial charge in [-0.05, 0) is 30.3 Å². The van der Waals surface area contributed by atoms with Crippen LogP contribution in [0.5, 0.6) is 5.75 Å². The van der Waals surface area contributed by atoms with Gasteiger partial charge in [0.1, 0.15) is 12.4 Å². The van der Waals surface area contributed by atoms with Crippen molar-refractivity contribution in [3.63, 3.8) is 0 Å². The largest absolute Gasteiger partial charge is 0.480 e. The number of terminal acetylenes is 1. The van der Waals surface area contributed by atoms with Gasteiger partial charge in [-0.3, -0.25) is 14.9 Å². The fourth-order valence-electron chi connectivity index (χ4n) is 1.96. The molecule has 0 radical (unpaired) electrons. The molecule has 0 saturated carbocycles. The van der Waals surface area contributed by atoms with E-state index in [-0.39, 0.29) is 18.8 Å². The number of rotatable bonds is 8. The summed E-state index contributed by atoms with van der Waals surface area (Å²) in [5.74, 6) is 2.21. The van der Waals surface area contributed by atoms with Crippen molar-refractivity contribution >= 4 is 35.1 Å². The van der Waals surface area contributed by atoms with Gasteiger partial charge in [-0.1, -0.05) is 17.5 Å². The lowest BCUT2D eigenvalue weighted by molar-refractivity contribution is -0.384. The molecule has 0 heterocycles. The van der Waals surface area contributed by atoms with Gasteiger partial charge in [0.25, 0.3) is 11.6 Å². The van der Waals surface area contributed by atoms with Crippen LogP contribution >= 0.6 is 11.6 Å². The van der Waals surface area contributed by atoms with Gasteiger partial charge in [0.15, 0.2) is 0 Å². The Kier molecular flexibility index (Phi) is 7.16. The van der Waals surface area contributed by atoms with Crippen LogP contribution < -0.4 is 15.5 Å². The average molecular weight is 387 g/mol. The molecule has 138 valence electrons. The lowest BCUT2D eigenvalue weighted by atomic mass is 10.2. The number of carbonyl (C=O) groups excluding carboxylic acids is 1. The van der Waals surface area contributed by atoms with E-state index in [0.717, 1.165) is 5.69 Å². The Balaban J connectivity index is 1.97. The predicted octanol–water partition coefficient (Wildman–Crippen LogP) is 2.82. The van der Waals surface area contributed by atoms with Crippen molar-refractivity contribution in [2.75, 3.05) is 18.5 Å². The molecule has 0 unspecified atom stereocenters. The minimum Gasteiger partial charge on any atom is -0.480 e. The van der Waals surface area contributed by atoms with Crippen LogP contribution in [0.1, 0.15) is 5.56 Å². The highest BCUT2D eigenvalue weighted by Crippen LogP contribution is 2.22. The molecule has 0 aromatic heterocycles. The first-order valence-electron chi connectivity index (χ1n) is 7.65. The minimum atomic E-state index is -0.545. The smallest absolute Gasteiger partial charge is 0.270 e. The number of anilines is 1. The number of carbonyl (C=O) groups is 1. The summed E-state index contributed by atoms with van der Waals surface area (Å²) in [5, 5.41) is 18.2. The molecule has 2 N–H and O–H groups in total. The Bertz CT molecular complexity index is 891. The quantitative estimate of drug-likeness (QED) is 0.314. The summed E-state index contributed by atoms with van der Waals surface area (Å²) in [6, 6.07) is 10.8. The zero-order valence-corrected chi connectivity index (χ0v) is 14.8. The number of nitrogens with zero attached hydrogens (tertiary/aromatic N) is 2. The van der Waals surface area contributed by atoms with E-state index < -0.39 is 10.8 Å². The Labute approximate surface area is 160 Å². The SMILES string of the molecule is C#CCOc1ccc([N+](=O)[O-])cc1/C=N\NC(=O)CNc1ccc(Cl)cc1. The van der Waals surface area contributed by atoms with E-state index in [2.05, 4.69) is 21.8 Å². The van der Waals surface area contributed by atoms with E-state index in [1.165, 1.54) is 24.4 Å². The number of hydrogen-bond donors (Lipinski definition) is 2. The lowest BCUT2D eigenvalue weighted by Gasteiger charge is -2.07. The number of nitro groups is 1. The number of halogens is 1. The fraction of sp³-hybridized carbons (Fsp3) is 0.111. The molecule has 8 nitrogen and oxygen atoms in total. The summed E-state index contributed by atoms with van der Waals surface area (Å²) < 4.78 is 5.31. The Morgan fingerprint density at radius 1 is 1.33 bits per heavy atom. The molecule has 27 heavy (non-hydrogen) atoms. The third kappa shape index (κ3) is 6.34. The molecule has 1 amide bonds. The van der Waals surface area contributed by atoms with Crippen LogP contribution in [0.15, 0.2) is 47.6 Å². The second-order valence-electron chi connectivity index (χ2n) is 5.13. The van der Waals surface area contributed by atoms with Crippen LogP contribution in [-0.4, -0.2) is 30.2 Å². The number of hydrogen-bond acceptors (Lipinski definition) is 6. The van der Waals surface area contributed by atoms with Gasteiger partial charge in [-0.15, -0.1) is 6.42 Å². The number of hydrazone groups is 1. The van der Waals surface area contributed by atoms with Gasteiger partial charge in [-0.2, -0.15) is 5.10 Å². The van der Waals surface area contributed by atoms with Gasteiger partial charge in [0.2, 0.25) is 0 Å². The van der Waals surface area contributed by atoms with Crippen molar-refractivity contribution in [2.24, 2.45) is 5.10 Å². The standard InChI is InChI=1S/C18H15ClN4O4/c1-2-9-27-17-8-7-16(23(25)26)10-13(17)11-21-22-18(24)12-20-15-5-3-14(19)4-6-15/h1,3-8,10-11,20H,9,12H2,(H,22,24)/b21-11-. The van der Waals surface area contributed by atoms with Crippen LogP contribution in [0.3, 0.4) is 0 Å². The normalized spacial score (nSPS) is 10.2. The number of ether oxygens (including phenoxy) is 1.